The zero-order valence-electron chi connectivity index (χ0n) is 17.1. The Morgan fingerprint density at radius 3 is 2.83 bits per heavy atom. The lowest BCUT2D eigenvalue weighted by atomic mass is 9.65. The monoisotopic (exact) mass is 400 g/mol. The fourth-order valence-corrected chi connectivity index (χ4v) is 5.21. The largest absolute Gasteiger partial charge is 0.465 e. The van der Waals surface area contributed by atoms with Gasteiger partial charge in [-0.1, -0.05) is 0 Å². The van der Waals surface area contributed by atoms with Crippen LogP contribution in [-0.2, 0) is 25.7 Å². The predicted molar refractivity (Wildman–Crippen MR) is 104 cm³/mol. The van der Waals surface area contributed by atoms with Crippen molar-refractivity contribution in [1.29, 1.82) is 0 Å². The Labute approximate surface area is 170 Å². The first-order valence-electron chi connectivity index (χ1n) is 10.5. The van der Waals surface area contributed by atoms with E-state index < -0.39 is 11.3 Å². The van der Waals surface area contributed by atoms with Crippen LogP contribution in [0.2, 0.25) is 0 Å². The Morgan fingerprint density at radius 1 is 1.31 bits per heavy atom. The molecule has 0 unspecified atom stereocenters. The lowest BCUT2D eigenvalue weighted by molar-refractivity contribution is -0.158. The van der Waals surface area contributed by atoms with E-state index in [0.717, 1.165) is 37.1 Å². The van der Waals surface area contributed by atoms with Gasteiger partial charge in [0, 0.05) is 18.7 Å². The third kappa shape index (κ3) is 3.26. The maximum atomic E-state index is 13.3. The van der Waals surface area contributed by atoms with Crippen molar-refractivity contribution in [3.63, 3.8) is 0 Å². The number of nitrogens with one attached hydrogen (secondary N) is 1. The fraction of sp³-hybridized carbons (Fsp3) is 0.591. The van der Waals surface area contributed by atoms with E-state index in [4.69, 9.17) is 9.15 Å². The number of hydrogen-bond acceptors (Lipinski definition) is 5. The number of carbonyl (C=O) groups excluding carboxylic acids is 3. The molecule has 0 spiro atoms. The second-order valence-corrected chi connectivity index (χ2v) is 8.14. The molecule has 3 heterocycles. The Morgan fingerprint density at radius 2 is 2.10 bits per heavy atom. The number of rotatable bonds is 6. The van der Waals surface area contributed by atoms with Crippen molar-refractivity contribution < 1.29 is 23.5 Å². The van der Waals surface area contributed by atoms with Crippen LogP contribution in [0.3, 0.4) is 0 Å². The van der Waals surface area contributed by atoms with Gasteiger partial charge in [-0.15, -0.1) is 0 Å². The molecule has 1 fully saturated rings. The Hall–Kier alpha value is -2.57. The molecule has 0 bridgehead atoms. The molecule has 2 aliphatic heterocycles. The van der Waals surface area contributed by atoms with E-state index >= 15 is 0 Å². The van der Waals surface area contributed by atoms with Crippen LogP contribution in [0, 0.1) is 18.3 Å². The summed E-state index contributed by atoms with van der Waals surface area (Å²) in [6.07, 6.45) is 4.10. The van der Waals surface area contributed by atoms with E-state index in [2.05, 4.69) is 5.32 Å². The molecule has 7 heteroatoms. The molecule has 4 rings (SSSR count). The van der Waals surface area contributed by atoms with Crippen LogP contribution in [-0.4, -0.2) is 35.8 Å². The van der Waals surface area contributed by atoms with Crippen molar-refractivity contribution in [2.75, 3.05) is 13.2 Å². The molecule has 1 aromatic rings. The van der Waals surface area contributed by atoms with Crippen LogP contribution in [0.5, 0.6) is 0 Å². The molecule has 7 nitrogen and oxygen atoms in total. The minimum Gasteiger partial charge on any atom is -0.465 e. The van der Waals surface area contributed by atoms with Crippen LogP contribution in [0.15, 0.2) is 27.8 Å². The summed E-state index contributed by atoms with van der Waals surface area (Å²) >= 11 is 0. The summed E-state index contributed by atoms with van der Waals surface area (Å²) in [7, 11) is 0. The van der Waals surface area contributed by atoms with Gasteiger partial charge in [-0.05, 0) is 63.7 Å². The molecule has 156 valence electrons. The second-order valence-electron chi connectivity index (χ2n) is 8.14. The van der Waals surface area contributed by atoms with Crippen LogP contribution < -0.4 is 5.32 Å². The topological polar surface area (TPSA) is 88.8 Å². The van der Waals surface area contributed by atoms with E-state index in [1.54, 1.807) is 11.8 Å². The maximum Gasteiger partial charge on any atom is 0.318 e. The number of nitrogens with zero attached hydrogens (tertiary/aromatic N) is 1. The number of hydrogen-bond donors (Lipinski definition) is 1. The van der Waals surface area contributed by atoms with Crippen LogP contribution in [0.25, 0.3) is 0 Å². The van der Waals surface area contributed by atoms with E-state index in [1.807, 2.05) is 19.1 Å². The first-order chi connectivity index (χ1) is 14.0. The maximum absolute atomic E-state index is 13.3. The lowest BCUT2D eigenvalue weighted by Gasteiger charge is -2.39. The van der Waals surface area contributed by atoms with Crippen molar-refractivity contribution >= 4 is 17.8 Å². The highest BCUT2D eigenvalue weighted by atomic mass is 16.5. The van der Waals surface area contributed by atoms with E-state index in [1.165, 1.54) is 5.57 Å². The van der Waals surface area contributed by atoms with Crippen molar-refractivity contribution in [2.45, 2.75) is 58.9 Å². The third-order valence-electron chi connectivity index (χ3n) is 6.38. The number of ether oxygens (including phenoxy) is 1. The van der Waals surface area contributed by atoms with Gasteiger partial charge in [0.25, 0.3) is 0 Å². The van der Waals surface area contributed by atoms with E-state index in [-0.39, 0.29) is 37.4 Å². The number of carbonyl (C=O) groups is 3. The van der Waals surface area contributed by atoms with E-state index in [9.17, 15) is 14.4 Å². The average molecular weight is 400 g/mol. The van der Waals surface area contributed by atoms with Crippen molar-refractivity contribution in [3.05, 3.63) is 34.9 Å². The Kier molecular flexibility index (Phi) is 5.23. The quantitative estimate of drug-likeness (QED) is 0.742. The summed E-state index contributed by atoms with van der Waals surface area (Å²) in [5, 5.41) is 2.83. The molecule has 0 radical (unpaired) electrons. The molecule has 1 N–H and O–H groups in total. The molecule has 1 aliphatic carbocycles. The first-order valence-corrected chi connectivity index (χ1v) is 10.5. The number of amides is 2. The summed E-state index contributed by atoms with van der Waals surface area (Å²) in [4.78, 5) is 41.0. The summed E-state index contributed by atoms with van der Waals surface area (Å²) in [6.45, 7) is 4.75. The summed E-state index contributed by atoms with van der Waals surface area (Å²) in [5.41, 5.74) is 1.02. The number of esters is 1. The molecule has 0 saturated carbocycles. The van der Waals surface area contributed by atoms with Gasteiger partial charge in [-0.3, -0.25) is 14.4 Å². The zero-order chi connectivity index (χ0) is 20.6. The normalized spacial score (nSPS) is 25.8. The fourth-order valence-electron chi connectivity index (χ4n) is 5.21. The zero-order valence-corrected chi connectivity index (χ0v) is 17.1. The van der Waals surface area contributed by atoms with E-state index in [0.29, 0.717) is 18.7 Å². The van der Waals surface area contributed by atoms with Crippen molar-refractivity contribution in [1.82, 2.24) is 10.2 Å². The molecular weight excluding hydrogens is 372 g/mol. The standard InChI is InChI=1S/C22H28N2O5/c1-3-28-21(27)22-10-4-6-15-7-5-11-24(19(15)22)20(26)17(22)12-18(25)23-13-16-9-8-14(2)29-16/h8-9,17H,3-7,10-13H2,1-2H3,(H,23,25)/t17-,22-/m1/s1. The molecule has 1 saturated heterocycles. The summed E-state index contributed by atoms with van der Waals surface area (Å²) < 4.78 is 10.9. The number of aryl methyl sites for hydroxylation is 1. The van der Waals surface area contributed by atoms with Crippen LogP contribution in [0.1, 0.15) is 57.0 Å². The third-order valence-corrected chi connectivity index (χ3v) is 6.38. The second kappa shape index (κ2) is 7.69. The van der Waals surface area contributed by atoms with Gasteiger partial charge in [-0.25, -0.2) is 0 Å². The lowest BCUT2D eigenvalue weighted by Crippen LogP contribution is -2.44. The van der Waals surface area contributed by atoms with Gasteiger partial charge in [0.05, 0.1) is 19.1 Å². The van der Waals surface area contributed by atoms with Gasteiger partial charge in [0.2, 0.25) is 11.8 Å². The van der Waals surface area contributed by atoms with Gasteiger partial charge < -0.3 is 19.4 Å². The highest BCUT2D eigenvalue weighted by Crippen LogP contribution is 2.57. The van der Waals surface area contributed by atoms with Crippen molar-refractivity contribution in [3.8, 4) is 0 Å². The smallest absolute Gasteiger partial charge is 0.318 e. The average Bonchev–Trinajstić information content (AvgIpc) is 3.23. The molecule has 2 amide bonds. The SMILES string of the molecule is CCOC(=O)[C@@]12CCCC3=C1N(CCC3)C(=O)[C@H]2CC(=O)NCc1ccc(C)o1. The van der Waals surface area contributed by atoms with Gasteiger partial charge in [-0.2, -0.15) is 0 Å². The Balaban J connectivity index is 1.60. The Bertz CT molecular complexity index is 866. The summed E-state index contributed by atoms with van der Waals surface area (Å²) in [6, 6.07) is 3.65. The van der Waals surface area contributed by atoms with Gasteiger partial charge in [0.1, 0.15) is 16.9 Å². The van der Waals surface area contributed by atoms with Crippen molar-refractivity contribution in [2.24, 2.45) is 11.3 Å². The molecule has 1 aromatic heterocycles. The first kappa shape index (κ1) is 19.7. The van der Waals surface area contributed by atoms with Gasteiger partial charge in [0.15, 0.2) is 0 Å². The number of allylic oxidation sites excluding steroid dienone is 1. The van der Waals surface area contributed by atoms with Gasteiger partial charge >= 0.3 is 5.97 Å². The molecule has 0 aromatic carbocycles. The highest BCUT2D eigenvalue weighted by molar-refractivity contribution is 5.99. The molecule has 29 heavy (non-hydrogen) atoms. The minimum atomic E-state index is -1.01. The minimum absolute atomic E-state index is 0.0232. The van der Waals surface area contributed by atoms with Crippen LogP contribution in [0.4, 0.5) is 0 Å². The molecule has 2 atom stereocenters. The summed E-state index contributed by atoms with van der Waals surface area (Å²) in [5.74, 6) is 0.00584. The number of furan rings is 1. The predicted octanol–water partition coefficient (Wildman–Crippen LogP) is 2.83. The molecular formula is C22H28N2O5. The van der Waals surface area contributed by atoms with Crippen LogP contribution >= 0.6 is 0 Å². The molecule has 3 aliphatic rings. The highest BCUT2D eigenvalue weighted by Gasteiger charge is 2.63.